The Labute approximate surface area is 182 Å². The molecule has 0 radical (unpaired) electrons. The predicted molar refractivity (Wildman–Crippen MR) is 117 cm³/mol. The number of piperidine rings is 2. The highest BCUT2D eigenvalue weighted by Crippen LogP contribution is 2.28. The first-order valence-corrected chi connectivity index (χ1v) is 12.9. The van der Waals surface area contributed by atoms with Crippen LogP contribution in [0.1, 0.15) is 38.5 Å². The van der Waals surface area contributed by atoms with Crippen LogP contribution in [0.15, 0.2) is 23.1 Å². The number of benzene rings is 1. The number of carbonyl (C=O) groups is 1. The van der Waals surface area contributed by atoms with E-state index in [-0.39, 0.29) is 16.7 Å². The van der Waals surface area contributed by atoms with Crippen LogP contribution in [0, 0.1) is 5.92 Å². The Balaban J connectivity index is 1.26. The minimum Gasteiger partial charge on any atom is -0.356 e. The van der Waals surface area contributed by atoms with Gasteiger partial charge in [0, 0.05) is 25.6 Å². The van der Waals surface area contributed by atoms with Crippen LogP contribution in [0.25, 0.3) is 11.0 Å². The van der Waals surface area contributed by atoms with Crippen molar-refractivity contribution in [2.24, 2.45) is 5.92 Å². The van der Waals surface area contributed by atoms with Gasteiger partial charge < -0.3 is 10.2 Å². The number of sulfonamides is 1. The average molecular weight is 452 g/mol. The van der Waals surface area contributed by atoms with Gasteiger partial charge in [-0.1, -0.05) is 12.5 Å². The largest absolute Gasteiger partial charge is 0.356 e. The molecule has 2 aromatic rings. The second-order valence-corrected chi connectivity index (χ2v) is 10.5. The Morgan fingerprint density at radius 3 is 2.63 bits per heavy atom. The van der Waals surface area contributed by atoms with Crippen LogP contribution in [0.3, 0.4) is 0 Å². The zero-order valence-corrected chi connectivity index (χ0v) is 18.8. The molecule has 8 nitrogen and oxygen atoms in total. The monoisotopic (exact) mass is 451 g/mol. The third-order valence-electron chi connectivity index (χ3n) is 6.09. The van der Waals surface area contributed by atoms with E-state index in [0.717, 1.165) is 24.7 Å². The maximum absolute atomic E-state index is 13.1. The molecule has 4 rings (SSSR count). The van der Waals surface area contributed by atoms with Gasteiger partial charge in [-0.15, -0.1) is 0 Å². The van der Waals surface area contributed by atoms with Gasteiger partial charge in [0.1, 0.15) is 15.9 Å². The zero-order chi connectivity index (χ0) is 21.0. The van der Waals surface area contributed by atoms with Crippen molar-refractivity contribution in [1.82, 2.24) is 23.3 Å². The summed E-state index contributed by atoms with van der Waals surface area (Å²) in [6, 6.07) is 5.04. The minimum atomic E-state index is -3.64. The van der Waals surface area contributed by atoms with Crippen molar-refractivity contribution in [2.45, 2.75) is 43.4 Å². The molecule has 1 amide bonds. The first-order valence-electron chi connectivity index (χ1n) is 10.8. The van der Waals surface area contributed by atoms with Crippen molar-refractivity contribution in [3.63, 3.8) is 0 Å². The highest BCUT2D eigenvalue weighted by molar-refractivity contribution is 7.89. The second kappa shape index (κ2) is 9.67. The Morgan fingerprint density at radius 1 is 1.10 bits per heavy atom. The molecule has 0 bridgehead atoms. The molecule has 0 atom stereocenters. The molecule has 2 aliphatic heterocycles. The Kier molecular flexibility index (Phi) is 6.97. The van der Waals surface area contributed by atoms with E-state index in [9.17, 15) is 13.2 Å². The van der Waals surface area contributed by atoms with Crippen LogP contribution in [-0.4, -0.2) is 71.5 Å². The number of likely N-dealkylation sites (tertiary alicyclic amines) is 1. The summed E-state index contributed by atoms with van der Waals surface area (Å²) >= 11 is 1.01. The smallest absolute Gasteiger partial charge is 0.245 e. The number of carbonyl (C=O) groups excluding carboxylic acids is 1. The molecule has 2 saturated heterocycles. The van der Waals surface area contributed by atoms with Gasteiger partial charge in [-0.05, 0) is 63.9 Å². The Bertz CT molecular complexity index is 964. The van der Waals surface area contributed by atoms with E-state index in [0.29, 0.717) is 43.5 Å². The topological polar surface area (TPSA) is 95.5 Å². The summed E-state index contributed by atoms with van der Waals surface area (Å²) in [5.41, 5.74) is 1.02. The van der Waals surface area contributed by atoms with Crippen molar-refractivity contribution < 1.29 is 13.2 Å². The van der Waals surface area contributed by atoms with Crippen LogP contribution < -0.4 is 5.32 Å². The number of rotatable bonds is 7. The molecule has 0 spiro atoms. The normalized spacial score (nSPS) is 19.9. The van der Waals surface area contributed by atoms with Gasteiger partial charge in [0.15, 0.2) is 0 Å². The van der Waals surface area contributed by atoms with E-state index < -0.39 is 10.0 Å². The average Bonchev–Trinajstić information content (AvgIpc) is 3.26. The third-order valence-corrected chi connectivity index (χ3v) is 8.56. The van der Waals surface area contributed by atoms with E-state index in [1.807, 2.05) is 0 Å². The fourth-order valence-corrected chi connectivity index (χ4v) is 6.55. The van der Waals surface area contributed by atoms with E-state index >= 15 is 0 Å². The highest BCUT2D eigenvalue weighted by atomic mass is 32.2. The molecular formula is C20H29N5O3S2. The molecule has 0 aliphatic carbocycles. The first-order chi connectivity index (χ1) is 14.6. The molecule has 1 aromatic heterocycles. The summed E-state index contributed by atoms with van der Waals surface area (Å²) in [4.78, 5) is 15.2. The molecule has 3 heterocycles. The van der Waals surface area contributed by atoms with E-state index in [1.165, 1.54) is 36.7 Å². The van der Waals surface area contributed by atoms with Gasteiger partial charge in [-0.2, -0.15) is 13.1 Å². The first kappa shape index (κ1) is 21.6. The Morgan fingerprint density at radius 2 is 1.87 bits per heavy atom. The van der Waals surface area contributed by atoms with Crippen molar-refractivity contribution in [1.29, 1.82) is 0 Å². The number of nitrogens with zero attached hydrogens (tertiary/aromatic N) is 4. The number of amides is 1. The summed E-state index contributed by atoms with van der Waals surface area (Å²) in [5.74, 6) is -0.0698. The molecule has 0 unspecified atom stereocenters. The molecule has 0 saturated carbocycles. The number of hydrogen-bond acceptors (Lipinski definition) is 7. The maximum Gasteiger partial charge on any atom is 0.245 e. The van der Waals surface area contributed by atoms with Crippen LogP contribution >= 0.6 is 11.7 Å². The maximum atomic E-state index is 13.1. The highest BCUT2D eigenvalue weighted by Gasteiger charge is 2.33. The van der Waals surface area contributed by atoms with Crippen molar-refractivity contribution in [3.05, 3.63) is 18.2 Å². The summed E-state index contributed by atoms with van der Waals surface area (Å²) in [7, 11) is -3.64. The number of nitrogens with one attached hydrogen (secondary N) is 1. The van der Waals surface area contributed by atoms with E-state index in [4.69, 9.17) is 0 Å². The van der Waals surface area contributed by atoms with E-state index in [1.54, 1.807) is 18.2 Å². The molecule has 164 valence electrons. The lowest BCUT2D eigenvalue weighted by Crippen LogP contribution is -2.43. The summed E-state index contributed by atoms with van der Waals surface area (Å²) < 4.78 is 35.9. The fraction of sp³-hybridized carbons (Fsp3) is 0.650. The van der Waals surface area contributed by atoms with E-state index in [2.05, 4.69) is 19.0 Å². The van der Waals surface area contributed by atoms with Gasteiger partial charge in [0.2, 0.25) is 15.9 Å². The van der Waals surface area contributed by atoms with Crippen molar-refractivity contribution in [2.75, 3.05) is 39.3 Å². The third kappa shape index (κ3) is 4.82. The van der Waals surface area contributed by atoms with Crippen LogP contribution in [0.2, 0.25) is 0 Å². The summed E-state index contributed by atoms with van der Waals surface area (Å²) in [5, 5.41) is 3.05. The zero-order valence-electron chi connectivity index (χ0n) is 17.1. The molecule has 2 aliphatic rings. The van der Waals surface area contributed by atoms with Crippen LogP contribution in [-0.2, 0) is 14.8 Å². The molecule has 1 N–H and O–H groups in total. The summed E-state index contributed by atoms with van der Waals surface area (Å²) in [6.07, 6.45) is 5.94. The van der Waals surface area contributed by atoms with Gasteiger partial charge >= 0.3 is 0 Å². The summed E-state index contributed by atoms with van der Waals surface area (Å²) in [6.45, 7) is 4.77. The standard InChI is InChI=1S/C20H29N5O3S2/c26-20(21-10-5-13-24-11-2-1-3-12-24)16-8-14-25(15-9-16)30(27,28)18-7-4-6-17-19(18)23-29-22-17/h4,6-7,16H,1-3,5,8-15H2,(H,21,26). The predicted octanol–water partition coefficient (Wildman–Crippen LogP) is 2.08. The quantitative estimate of drug-likeness (QED) is 0.648. The molecule has 10 heteroatoms. The van der Waals surface area contributed by atoms with Crippen LogP contribution in [0.4, 0.5) is 0 Å². The van der Waals surface area contributed by atoms with Gasteiger partial charge in [0.05, 0.1) is 11.7 Å². The number of fused-ring (bicyclic) bond motifs is 1. The van der Waals surface area contributed by atoms with Crippen molar-refractivity contribution >= 4 is 38.7 Å². The van der Waals surface area contributed by atoms with Gasteiger partial charge in [-0.25, -0.2) is 8.42 Å². The molecule has 30 heavy (non-hydrogen) atoms. The molecule has 2 fully saturated rings. The molecule has 1 aromatic carbocycles. The SMILES string of the molecule is O=C(NCCCN1CCCCC1)C1CCN(S(=O)(=O)c2cccc3nsnc23)CC1. The fourth-order valence-electron chi connectivity index (χ4n) is 4.33. The molecular weight excluding hydrogens is 422 g/mol. The lowest BCUT2D eigenvalue weighted by atomic mass is 9.97. The Hall–Kier alpha value is -1.62. The number of aromatic nitrogens is 2. The van der Waals surface area contributed by atoms with Gasteiger partial charge in [0.25, 0.3) is 0 Å². The lowest BCUT2D eigenvalue weighted by Gasteiger charge is -2.30. The lowest BCUT2D eigenvalue weighted by molar-refractivity contribution is -0.126. The van der Waals surface area contributed by atoms with Gasteiger partial charge in [-0.3, -0.25) is 4.79 Å². The minimum absolute atomic E-state index is 0.0523. The number of hydrogen-bond donors (Lipinski definition) is 1. The van der Waals surface area contributed by atoms with Crippen molar-refractivity contribution in [3.8, 4) is 0 Å². The second-order valence-electron chi connectivity index (χ2n) is 8.11. The van der Waals surface area contributed by atoms with Crippen LogP contribution in [0.5, 0.6) is 0 Å².